The van der Waals surface area contributed by atoms with Crippen LogP contribution in [0.15, 0.2) is 150 Å². The maximum absolute atomic E-state index is 13.7. The maximum Gasteiger partial charge on any atom is 0.272 e. The molecule has 1 unspecified atom stereocenters. The number of rotatable bonds is 14. The molecule has 0 saturated heterocycles. The molecule has 0 bridgehead atoms. The van der Waals surface area contributed by atoms with Gasteiger partial charge in [-0.2, -0.15) is 0 Å². The Hall–Kier alpha value is -6.06. The number of anilines is 2. The van der Waals surface area contributed by atoms with Crippen LogP contribution < -0.4 is 20.7 Å². The van der Waals surface area contributed by atoms with E-state index in [0.717, 1.165) is 45.5 Å². The number of carbonyl (C=O) groups is 3. The lowest BCUT2D eigenvalue weighted by atomic mass is 10.1. The summed E-state index contributed by atoms with van der Waals surface area (Å²) in [6.45, 7) is 2.78. The van der Waals surface area contributed by atoms with Gasteiger partial charge in [-0.3, -0.25) is 14.4 Å². The Bertz CT molecular complexity index is 2110. The van der Waals surface area contributed by atoms with Gasteiger partial charge in [0.15, 0.2) is 0 Å². The topological polar surface area (TPSA) is 112 Å². The lowest BCUT2D eigenvalue weighted by Crippen LogP contribution is -2.30. The molecule has 0 spiro atoms. The fraction of sp³-hybridized carbons (Fsp3) is 0.119. The fourth-order valence-electron chi connectivity index (χ4n) is 5.34. The highest BCUT2D eigenvalue weighted by Gasteiger charge is 2.23. The van der Waals surface area contributed by atoms with E-state index in [1.165, 1.54) is 11.8 Å². The molecule has 1 atom stereocenters. The molecule has 4 N–H and O–H groups in total. The molecular formula is C42H38N4O4S. The Morgan fingerprint density at radius 1 is 0.765 bits per heavy atom. The number of fused-ring (bicyclic) bond motifs is 1. The number of para-hydroxylation sites is 1. The largest absolute Gasteiger partial charge is 0.494 e. The molecule has 0 radical (unpaired) electrons. The van der Waals surface area contributed by atoms with Crippen molar-refractivity contribution in [3.63, 3.8) is 0 Å². The van der Waals surface area contributed by atoms with Crippen LogP contribution in [0.4, 0.5) is 11.4 Å². The van der Waals surface area contributed by atoms with E-state index < -0.39 is 17.1 Å². The molecule has 51 heavy (non-hydrogen) atoms. The van der Waals surface area contributed by atoms with Gasteiger partial charge in [0.1, 0.15) is 16.7 Å². The number of thioether (sulfide) groups is 1. The first-order chi connectivity index (χ1) is 25.0. The van der Waals surface area contributed by atoms with Crippen molar-refractivity contribution in [1.29, 1.82) is 0 Å². The first-order valence-corrected chi connectivity index (χ1v) is 17.7. The van der Waals surface area contributed by atoms with Crippen molar-refractivity contribution in [2.75, 3.05) is 17.2 Å². The van der Waals surface area contributed by atoms with E-state index in [1.807, 2.05) is 97.1 Å². The van der Waals surface area contributed by atoms with Crippen molar-refractivity contribution in [3.8, 4) is 5.75 Å². The van der Waals surface area contributed by atoms with Crippen molar-refractivity contribution in [3.05, 3.63) is 162 Å². The summed E-state index contributed by atoms with van der Waals surface area (Å²) in [7, 11) is 0. The van der Waals surface area contributed by atoms with Gasteiger partial charge in [0.05, 0.1) is 6.61 Å². The van der Waals surface area contributed by atoms with Gasteiger partial charge in [-0.1, -0.05) is 80.1 Å². The smallest absolute Gasteiger partial charge is 0.272 e. The van der Waals surface area contributed by atoms with E-state index in [0.29, 0.717) is 23.5 Å². The minimum Gasteiger partial charge on any atom is -0.494 e. The molecule has 6 aromatic rings. The average Bonchev–Trinajstić information content (AvgIpc) is 3.58. The zero-order valence-corrected chi connectivity index (χ0v) is 28.9. The highest BCUT2D eigenvalue weighted by atomic mass is 32.2. The van der Waals surface area contributed by atoms with Gasteiger partial charge >= 0.3 is 0 Å². The molecule has 0 saturated carbocycles. The molecule has 5 aromatic carbocycles. The minimum absolute atomic E-state index is 0.0911. The van der Waals surface area contributed by atoms with Crippen molar-refractivity contribution in [1.82, 2.24) is 10.3 Å². The van der Waals surface area contributed by atoms with E-state index in [-0.39, 0.29) is 11.6 Å². The number of hydrogen-bond acceptors (Lipinski definition) is 5. The molecule has 0 aliphatic carbocycles. The number of hydrogen-bond donors (Lipinski definition) is 4. The zero-order chi connectivity index (χ0) is 35.4. The lowest BCUT2D eigenvalue weighted by Gasteiger charge is -2.18. The first kappa shape index (κ1) is 34.8. The highest BCUT2D eigenvalue weighted by Crippen LogP contribution is 2.37. The molecule has 256 valence electrons. The van der Waals surface area contributed by atoms with Gasteiger partial charge in [-0.15, -0.1) is 11.8 Å². The molecule has 0 aliphatic rings. The van der Waals surface area contributed by atoms with Crippen LogP contribution in [0.3, 0.4) is 0 Å². The third kappa shape index (κ3) is 9.35. The van der Waals surface area contributed by atoms with Crippen molar-refractivity contribution in [2.45, 2.75) is 29.9 Å². The summed E-state index contributed by atoms with van der Waals surface area (Å²) >= 11 is 1.41. The van der Waals surface area contributed by atoms with Crippen LogP contribution in [0.2, 0.25) is 0 Å². The van der Waals surface area contributed by atoms with Crippen LogP contribution in [0.25, 0.3) is 17.0 Å². The standard InChI is InChI=1S/C42H38N4O4S/c1-2-3-26-50-34-22-18-32(19-23-34)45-42(49)39(29-12-6-4-7-13-29)51-35-24-20-33(21-25-35)44-41(48)38(46-40(47)30-14-8-5-9-15-30)27-31-28-43-37-17-11-10-16-36(31)37/h4-25,27-28,39,43H,2-3,26H2,1H3,(H,44,48)(H,45,49)(H,46,47). The Morgan fingerprint density at radius 3 is 2.14 bits per heavy atom. The van der Waals surface area contributed by atoms with Crippen molar-refractivity contribution in [2.24, 2.45) is 0 Å². The number of nitrogens with one attached hydrogen (secondary N) is 4. The van der Waals surface area contributed by atoms with Gasteiger partial charge in [0, 0.05) is 44.5 Å². The summed E-state index contributed by atoms with van der Waals surface area (Å²) in [5.41, 5.74) is 4.27. The Labute approximate surface area is 301 Å². The highest BCUT2D eigenvalue weighted by molar-refractivity contribution is 8.00. The lowest BCUT2D eigenvalue weighted by molar-refractivity contribution is -0.116. The van der Waals surface area contributed by atoms with Crippen LogP contribution in [0.1, 0.15) is 46.5 Å². The first-order valence-electron chi connectivity index (χ1n) is 16.8. The Balaban J connectivity index is 1.17. The quantitative estimate of drug-likeness (QED) is 0.0516. The zero-order valence-electron chi connectivity index (χ0n) is 28.1. The normalized spacial score (nSPS) is 11.8. The summed E-state index contributed by atoms with van der Waals surface area (Å²) in [6, 6.07) is 40.8. The monoisotopic (exact) mass is 694 g/mol. The molecule has 1 heterocycles. The third-order valence-electron chi connectivity index (χ3n) is 8.04. The fourth-order valence-corrected chi connectivity index (χ4v) is 6.36. The van der Waals surface area contributed by atoms with Crippen LogP contribution >= 0.6 is 11.8 Å². The molecule has 9 heteroatoms. The van der Waals surface area contributed by atoms with Crippen LogP contribution in [-0.4, -0.2) is 29.3 Å². The van der Waals surface area contributed by atoms with E-state index in [4.69, 9.17) is 4.74 Å². The molecule has 6 rings (SSSR count). The molecule has 0 aliphatic heterocycles. The second-order valence-electron chi connectivity index (χ2n) is 11.8. The molecule has 1 aromatic heterocycles. The van der Waals surface area contributed by atoms with E-state index in [2.05, 4.69) is 27.9 Å². The van der Waals surface area contributed by atoms with Crippen molar-refractivity contribution >= 4 is 57.8 Å². The van der Waals surface area contributed by atoms with Crippen LogP contribution in [-0.2, 0) is 9.59 Å². The van der Waals surface area contributed by atoms with E-state index in [1.54, 1.807) is 48.7 Å². The van der Waals surface area contributed by atoms with E-state index >= 15 is 0 Å². The molecule has 0 fully saturated rings. The predicted octanol–water partition coefficient (Wildman–Crippen LogP) is 9.23. The number of aromatic nitrogens is 1. The number of aromatic amines is 1. The van der Waals surface area contributed by atoms with Gasteiger partial charge in [0.2, 0.25) is 5.91 Å². The number of H-pyrrole nitrogens is 1. The summed E-state index contributed by atoms with van der Waals surface area (Å²) in [5.74, 6) is -0.274. The summed E-state index contributed by atoms with van der Waals surface area (Å²) < 4.78 is 5.76. The average molecular weight is 695 g/mol. The maximum atomic E-state index is 13.7. The van der Waals surface area contributed by atoms with E-state index in [9.17, 15) is 14.4 Å². The van der Waals surface area contributed by atoms with Crippen LogP contribution in [0.5, 0.6) is 5.75 Å². The van der Waals surface area contributed by atoms with Gasteiger partial charge in [-0.25, -0.2) is 0 Å². The second-order valence-corrected chi connectivity index (χ2v) is 12.9. The molecular weight excluding hydrogens is 657 g/mol. The Kier molecular flexibility index (Phi) is 11.6. The number of ether oxygens (including phenoxy) is 1. The Morgan fingerprint density at radius 2 is 1.41 bits per heavy atom. The van der Waals surface area contributed by atoms with Crippen molar-refractivity contribution < 1.29 is 19.1 Å². The summed E-state index contributed by atoms with van der Waals surface area (Å²) in [6.07, 6.45) is 5.51. The number of unbranched alkanes of at least 4 members (excludes halogenated alkanes) is 1. The molecule has 8 nitrogen and oxygen atoms in total. The second kappa shape index (κ2) is 17.0. The number of amides is 3. The SMILES string of the molecule is CCCCOc1ccc(NC(=O)C(Sc2ccc(NC(=O)C(=Cc3c[nH]c4ccccc34)NC(=O)c3ccccc3)cc2)c2ccccc2)cc1. The summed E-state index contributed by atoms with van der Waals surface area (Å²) in [4.78, 5) is 44.5. The van der Waals surface area contributed by atoms with Gasteiger partial charge < -0.3 is 25.7 Å². The predicted molar refractivity (Wildman–Crippen MR) is 206 cm³/mol. The minimum atomic E-state index is -0.536. The van der Waals surface area contributed by atoms with Crippen LogP contribution in [0, 0.1) is 0 Å². The molecule has 3 amide bonds. The summed E-state index contributed by atoms with van der Waals surface area (Å²) in [5, 5.41) is 9.15. The van der Waals surface area contributed by atoms with Gasteiger partial charge in [0.25, 0.3) is 11.8 Å². The third-order valence-corrected chi connectivity index (χ3v) is 9.31. The number of carbonyl (C=O) groups excluding carboxylic acids is 3. The van der Waals surface area contributed by atoms with Gasteiger partial charge in [-0.05, 0) is 84.8 Å². The number of benzene rings is 5.